The molecule has 0 saturated heterocycles. The lowest BCUT2D eigenvalue weighted by Crippen LogP contribution is -2.13. The molecule has 13 heavy (non-hydrogen) atoms. The third-order valence-corrected chi connectivity index (χ3v) is 2.05. The van der Waals surface area contributed by atoms with Crippen LogP contribution in [-0.2, 0) is 0 Å². The molecule has 1 unspecified atom stereocenters. The molecule has 0 aliphatic heterocycles. The highest BCUT2D eigenvalue weighted by Gasteiger charge is 1.98. The molecule has 2 heteroatoms. The first-order chi connectivity index (χ1) is 6.26. The smallest absolute Gasteiger partial charge is 0.150 e. The van der Waals surface area contributed by atoms with Crippen molar-refractivity contribution < 1.29 is 4.79 Å². The van der Waals surface area contributed by atoms with Gasteiger partial charge in [0.15, 0.2) is 0 Å². The topological polar surface area (TPSA) is 29.1 Å². The molecule has 0 radical (unpaired) electrons. The Bertz CT molecular complexity index is 283. The van der Waals surface area contributed by atoms with E-state index in [1.165, 1.54) is 0 Å². The van der Waals surface area contributed by atoms with Gasteiger partial charge < -0.3 is 5.32 Å². The first-order valence-corrected chi connectivity index (χ1v) is 4.58. The molecule has 1 aromatic carbocycles. The summed E-state index contributed by atoms with van der Waals surface area (Å²) in [7, 11) is 0. The molecule has 0 fully saturated rings. The van der Waals surface area contributed by atoms with E-state index in [1.807, 2.05) is 18.2 Å². The summed E-state index contributed by atoms with van der Waals surface area (Å²) >= 11 is 0. The predicted octanol–water partition coefficient (Wildman–Crippen LogP) is 2.71. The molecular weight excluding hydrogens is 162 g/mol. The minimum absolute atomic E-state index is 0.446. The summed E-state index contributed by atoms with van der Waals surface area (Å²) in [5.41, 5.74) is 1.73. The minimum Gasteiger partial charge on any atom is -0.383 e. The summed E-state index contributed by atoms with van der Waals surface area (Å²) < 4.78 is 0. The van der Waals surface area contributed by atoms with Crippen molar-refractivity contribution in [2.45, 2.75) is 26.3 Å². The minimum atomic E-state index is 0.446. The zero-order chi connectivity index (χ0) is 9.68. The highest BCUT2D eigenvalue weighted by Crippen LogP contribution is 2.11. The largest absolute Gasteiger partial charge is 0.383 e. The predicted molar refractivity (Wildman–Crippen MR) is 55.2 cm³/mol. The van der Waals surface area contributed by atoms with Crippen molar-refractivity contribution in [3.05, 3.63) is 29.8 Å². The SMILES string of the molecule is CCC(C)Nc1cccc(C=O)c1. The molecule has 70 valence electrons. The first-order valence-electron chi connectivity index (χ1n) is 4.58. The zero-order valence-electron chi connectivity index (χ0n) is 8.08. The van der Waals surface area contributed by atoms with E-state index < -0.39 is 0 Å². The number of benzene rings is 1. The van der Waals surface area contributed by atoms with Crippen LogP contribution >= 0.6 is 0 Å². The van der Waals surface area contributed by atoms with Crippen molar-refractivity contribution in [2.24, 2.45) is 0 Å². The average molecular weight is 177 g/mol. The Balaban J connectivity index is 2.71. The summed E-state index contributed by atoms with van der Waals surface area (Å²) in [5, 5.41) is 3.31. The summed E-state index contributed by atoms with van der Waals surface area (Å²) in [5.74, 6) is 0. The van der Waals surface area contributed by atoms with Crippen LogP contribution in [0, 0.1) is 0 Å². The van der Waals surface area contributed by atoms with Crippen LogP contribution in [0.4, 0.5) is 5.69 Å². The van der Waals surface area contributed by atoms with Crippen LogP contribution in [0.15, 0.2) is 24.3 Å². The number of rotatable bonds is 4. The van der Waals surface area contributed by atoms with Crippen LogP contribution < -0.4 is 5.32 Å². The highest BCUT2D eigenvalue weighted by atomic mass is 16.1. The number of hydrogen-bond donors (Lipinski definition) is 1. The van der Waals surface area contributed by atoms with Gasteiger partial charge in [-0.25, -0.2) is 0 Å². The van der Waals surface area contributed by atoms with E-state index in [4.69, 9.17) is 0 Å². The van der Waals surface area contributed by atoms with Crippen LogP contribution in [0.1, 0.15) is 30.6 Å². The van der Waals surface area contributed by atoms with E-state index in [-0.39, 0.29) is 0 Å². The van der Waals surface area contributed by atoms with Crippen LogP contribution in [0.25, 0.3) is 0 Å². The molecule has 0 spiro atoms. The molecule has 1 N–H and O–H groups in total. The second-order valence-electron chi connectivity index (χ2n) is 3.20. The highest BCUT2D eigenvalue weighted by molar-refractivity contribution is 5.76. The van der Waals surface area contributed by atoms with Gasteiger partial charge in [-0.05, 0) is 25.5 Å². The van der Waals surface area contributed by atoms with Gasteiger partial charge >= 0.3 is 0 Å². The Labute approximate surface area is 79.0 Å². The van der Waals surface area contributed by atoms with Crippen LogP contribution in [0.5, 0.6) is 0 Å². The standard InChI is InChI=1S/C11H15NO/c1-3-9(2)12-11-6-4-5-10(7-11)8-13/h4-9,12H,3H2,1-2H3. The molecule has 0 aromatic heterocycles. The Morgan fingerprint density at radius 2 is 2.31 bits per heavy atom. The number of anilines is 1. The molecule has 1 aromatic rings. The Kier molecular flexibility index (Phi) is 3.50. The fraction of sp³-hybridized carbons (Fsp3) is 0.364. The Morgan fingerprint density at radius 3 is 2.92 bits per heavy atom. The number of carbonyl (C=O) groups excluding carboxylic acids is 1. The first kappa shape index (κ1) is 9.78. The van der Waals surface area contributed by atoms with E-state index in [2.05, 4.69) is 19.2 Å². The summed E-state index contributed by atoms with van der Waals surface area (Å²) in [6, 6.07) is 7.96. The van der Waals surface area contributed by atoms with Gasteiger partial charge in [-0.1, -0.05) is 19.1 Å². The molecule has 1 rings (SSSR count). The lowest BCUT2D eigenvalue weighted by Gasteiger charge is -2.12. The second-order valence-corrected chi connectivity index (χ2v) is 3.20. The molecule has 0 aliphatic rings. The maximum Gasteiger partial charge on any atom is 0.150 e. The molecule has 0 aliphatic carbocycles. The van der Waals surface area contributed by atoms with Gasteiger partial charge in [0.05, 0.1) is 0 Å². The molecular formula is C11H15NO. The number of aldehydes is 1. The lowest BCUT2D eigenvalue weighted by atomic mass is 10.2. The van der Waals surface area contributed by atoms with Crippen molar-refractivity contribution in [3.8, 4) is 0 Å². The maximum atomic E-state index is 10.5. The van der Waals surface area contributed by atoms with Gasteiger partial charge in [-0.15, -0.1) is 0 Å². The number of hydrogen-bond acceptors (Lipinski definition) is 2. The van der Waals surface area contributed by atoms with Gasteiger partial charge in [0.1, 0.15) is 6.29 Å². The number of nitrogens with one attached hydrogen (secondary N) is 1. The summed E-state index contributed by atoms with van der Waals surface area (Å²) in [6.07, 6.45) is 1.94. The fourth-order valence-corrected chi connectivity index (χ4v) is 1.09. The van der Waals surface area contributed by atoms with Crippen molar-refractivity contribution in [1.29, 1.82) is 0 Å². The normalized spacial score (nSPS) is 12.2. The van der Waals surface area contributed by atoms with Gasteiger partial charge in [-0.2, -0.15) is 0 Å². The van der Waals surface area contributed by atoms with Crippen molar-refractivity contribution in [3.63, 3.8) is 0 Å². The fourth-order valence-electron chi connectivity index (χ4n) is 1.09. The second kappa shape index (κ2) is 4.65. The quantitative estimate of drug-likeness (QED) is 0.716. The zero-order valence-corrected chi connectivity index (χ0v) is 8.08. The summed E-state index contributed by atoms with van der Waals surface area (Å²) in [6.45, 7) is 4.24. The van der Waals surface area contributed by atoms with Crippen LogP contribution in [0.3, 0.4) is 0 Å². The molecule has 0 bridgehead atoms. The van der Waals surface area contributed by atoms with Gasteiger partial charge in [0.2, 0.25) is 0 Å². The van der Waals surface area contributed by atoms with Gasteiger partial charge in [-0.3, -0.25) is 4.79 Å². The van der Waals surface area contributed by atoms with E-state index in [9.17, 15) is 4.79 Å². The van der Waals surface area contributed by atoms with Crippen molar-refractivity contribution in [2.75, 3.05) is 5.32 Å². The molecule has 2 nitrogen and oxygen atoms in total. The van der Waals surface area contributed by atoms with E-state index in [0.717, 1.165) is 18.4 Å². The third-order valence-electron chi connectivity index (χ3n) is 2.05. The van der Waals surface area contributed by atoms with E-state index in [0.29, 0.717) is 11.6 Å². The molecule has 0 heterocycles. The average Bonchev–Trinajstić information content (AvgIpc) is 2.18. The van der Waals surface area contributed by atoms with E-state index in [1.54, 1.807) is 6.07 Å². The van der Waals surface area contributed by atoms with E-state index >= 15 is 0 Å². The molecule has 0 amide bonds. The summed E-state index contributed by atoms with van der Waals surface area (Å²) in [4.78, 5) is 10.5. The van der Waals surface area contributed by atoms with Crippen LogP contribution in [0.2, 0.25) is 0 Å². The van der Waals surface area contributed by atoms with Crippen molar-refractivity contribution >= 4 is 12.0 Å². The Hall–Kier alpha value is -1.31. The molecule has 0 saturated carbocycles. The van der Waals surface area contributed by atoms with Crippen molar-refractivity contribution in [1.82, 2.24) is 0 Å². The van der Waals surface area contributed by atoms with Crippen LogP contribution in [-0.4, -0.2) is 12.3 Å². The third kappa shape index (κ3) is 2.90. The number of carbonyl (C=O) groups is 1. The molecule has 1 atom stereocenters. The Morgan fingerprint density at radius 1 is 1.54 bits per heavy atom. The monoisotopic (exact) mass is 177 g/mol. The van der Waals surface area contributed by atoms with Gasteiger partial charge in [0.25, 0.3) is 0 Å². The lowest BCUT2D eigenvalue weighted by molar-refractivity contribution is 0.112. The maximum absolute atomic E-state index is 10.5. The van der Waals surface area contributed by atoms with Gasteiger partial charge in [0, 0.05) is 17.3 Å².